The van der Waals surface area contributed by atoms with Gasteiger partial charge in [0.05, 0.1) is 0 Å². The third-order valence-corrected chi connectivity index (χ3v) is 3.94. The van der Waals surface area contributed by atoms with Crippen LogP contribution in [0.3, 0.4) is 0 Å². The summed E-state index contributed by atoms with van der Waals surface area (Å²) in [5.41, 5.74) is 0. The molecular weight excluding hydrogens is 180 g/mol. The number of unbranched alkanes of at least 4 members (excludes halogenated alkanes) is 2. The van der Waals surface area contributed by atoms with Crippen molar-refractivity contribution < 1.29 is 4.79 Å². The van der Waals surface area contributed by atoms with Crippen molar-refractivity contribution in [3.63, 3.8) is 0 Å². The largest absolute Gasteiger partial charge is 0.328 e. The van der Waals surface area contributed by atoms with Crippen LogP contribution in [0.2, 0.25) is 19.6 Å². The fourth-order valence-corrected chi connectivity index (χ4v) is 1.07. The molecule has 0 saturated heterocycles. The highest BCUT2D eigenvalue weighted by molar-refractivity contribution is 6.73. The zero-order valence-electron chi connectivity index (χ0n) is 9.08. The molecular formula is C9H20N2OSi. The minimum atomic E-state index is -1.26. The van der Waals surface area contributed by atoms with Crippen LogP contribution in [0.25, 0.3) is 0 Å². The van der Waals surface area contributed by atoms with E-state index in [9.17, 15) is 4.79 Å². The molecule has 0 aliphatic carbocycles. The maximum Gasteiger partial charge on any atom is 0.168 e. The van der Waals surface area contributed by atoms with Crippen LogP contribution in [-0.4, -0.2) is 32.5 Å². The Hall–Kier alpha value is -0.643. The lowest BCUT2D eigenvalue weighted by molar-refractivity contribution is -0.107. The second-order valence-corrected chi connectivity index (χ2v) is 9.08. The first-order valence-electron chi connectivity index (χ1n) is 4.68. The van der Waals surface area contributed by atoms with Crippen molar-refractivity contribution in [2.45, 2.75) is 38.9 Å². The van der Waals surface area contributed by atoms with Crippen LogP contribution in [0.15, 0.2) is 5.10 Å². The summed E-state index contributed by atoms with van der Waals surface area (Å²) >= 11 is 0. The molecule has 76 valence electrons. The highest BCUT2D eigenvalue weighted by Gasteiger charge is 2.17. The number of rotatable bonds is 6. The number of carbonyl (C=O) groups is 1. The van der Waals surface area contributed by atoms with E-state index in [1.54, 1.807) is 0 Å². The van der Waals surface area contributed by atoms with E-state index in [4.69, 9.17) is 0 Å². The molecule has 3 nitrogen and oxygen atoms in total. The van der Waals surface area contributed by atoms with Crippen molar-refractivity contribution in [1.82, 2.24) is 4.67 Å². The lowest BCUT2D eigenvalue weighted by Crippen LogP contribution is -2.39. The zero-order valence-corrected chi connectivity index (χ0v) is 10.1. The molecule has 0 heterocycles. The Morgan fingerprint density at radius 1 is 1.31 bits per heavy atom. The van der Waals surface area contributed by atoms with Gasteiger partial charge in [-0.05, 0) is 12.8 Å². The second-order valence-electron chi connectivity index (χ2n) is 4.09. The van der Waals surface area contributed by atoms with Gasteiger partial charge >= 0.3 is 0 Å². The third-order valence-electron chi connectivity index (χ3n) is 1.88. The summed E-state index contributed by atoms with van der Waals surface area (Å²) < 4.78 is 2.06. The number of hydrogen-bond acceptors (Lipinski definition) is 3. The highest BCUT2D eigenvalue weighted by atomic mass is 28.3. The third kappa shape index (κ3) is 6.51. The van der Waals surface area contributed by atoms with Crippen LogP contribution in [0.4, 0.5) is 0 Å². The second kappa shape index (κ2) is 5.91. The molecule has 0 aliphatic heterocycles. The number of carbonyl (C=O) groups excluding carboxylic acids is 1. The molecule has 0 aromatic carbocycles. The van der Waals surface area contributed by atoms with Gasteiger partial charge in [0, 0.05) is 19.7 Å². The van der Waals surface area contributed by atoms with Crippen LogP contribution < -0.4 is 0 Å². The first-order valence-corrected chi connectivity index (χ1v) is 8.13. The molecule has 0 aromatic rings. The van der Waals surface area contributed by atoms with E-state index >= 15 is 0 Å². The molecule has 0 radical (unpaired) electrons. The van der Waals surface area contributed by atoms with E-state index in [-0.39, 0.29) is 0 Å². The molecule has 0 aromatic heterocycles. The molecule has 0 bridgehead atoms. The Morgan fingerprint density at radius 2 is 1.92 bits per heavy atom. The average Bonchev–Trinajstić information content (AvgIpc) is 2.02. The lowest BCUT2D eigenvalue weighted by Gasteiger charge is -2.26. The molecule has 0 atom stereocenters. The zero-order chi connectivity index (χ0) is 10.3. The fraction of sp³-hybridized carbons (Fsp3) is 0.778. The summed E-state index contributed by atoms with van der Waals surface area (Å²) in [5, 5.41) is 4.32. The van der Waals surface area contributed by atoms with E-state index in [0.717, 1.165) is 19.1 Å². The first kappa shape index (κ1) is 12.4. The molecule has 0 unspecified atom stereocenters. The molecule has 4 heteroatoms. The van der Waals surface area contributed by atoms with Crippen LogP contribution in [0.5, 0.6) is 0 Å². The van der Waals surface area contributed by atoms with Crippen LogP contribution >= 0.6 is 0 Å². The molecule has 0 spiro atoms. The maximum absolute atomic E-state index is 10.0. The van der Waals surface area contributed by atoms with Crippen LogP contribution in [0.1, 0.15) is 19.3 Å². The van der Waals surface area contributed by atoms with Gasteiger partial charge in [-0.1, -0.05) is 19.6 Å². The summed E-state index contributed by atoms with van der Waals surface area (Å²) in [4.78, 5) is 10.0. The summed E-state index contributed by atoms with van der Waals surface area (Å²) in [5.74, 6) is 0. The van der Waals surface area contributed by atoms with Crippen molar-refractivity contribution in [2.24, 2.45) is 5.10 Å². The number of hydrazone groups is 1. The van der Waals surface area contributed by atoms with Crippen molar-refractivity contribution in [1.29, 1.82) is 0 Å². The smallest absolute Gasteiger partial charge is 0.168 e. The van der Waals surface area contributed by atoms with Gasteiger partial charge in [0.1, 0.15) is 6.29 Å². The van der Waals surface area contributed by atoms with Crippen LogP contribution in [0, 0.1) is 0 Å². The Kier molecular flexibility index (Phi) is 5.62. The van der Waals surface area contributed by atoms with Gasteiger partial charge in [-0.15, -0.1) is 0 Å². The predicted octanol–water partition coefficient (Wildman–Crippen LogP) is 2.11. The molecule has 0 saturated carbocycles. The summed E-state index contributed by atoms with van der Waals surface area (Å²) in [6.45, 7) is 6.74. The highest BCUT2D eigenvalue weighted by Crippen LogP contribution is 2.05. The van der Waals surface area contributed by atoms with Crippen molar-refractivity contribution in [3.8, 4) is 0 Å². The molecule has 0 N–H and O–H groups in total. The summed E-state index contributed by atoms with van der Waals surface area (Å²) in [7, 11) is 0.753. The van der Waals surface area contributed by atoms with Gasteiger partial charge in [0.2, 0.25) is 0 Å². The minimum Gasteiger partial charge on any atom is -0.328 e. The summed E-state index contributed by atoms with van der Waals surface area (Å²) in [6, 6.07) is 0. The Bertz CT molecular complexity index is 175. The Balaban J connectivity index is 3.65. The fourth-order valence-electron chi connectivity index (χ4n) is 0.646. The minimum absolute atomic E-state index is 0.642. The standard InChI is InChI=1S/C9H20N2OSi/c1-11(13(2,3)4)10-8-6-5-7-9-12/h8-9H,5-7H2,1-4H3. The van der Waals surface area contributed by atoms with Crippen molar-refractivity contribution in [2.75, 3.05) is 7.05 Å². The number of nitrogens with zero attached hydrogens (tertiary/aromatic N) is 2. The van der Waals surface area contributed by atoms with E-state index < -0.39 is 8.24 Å². The van der Waals surface area contributed by atoms with Gasteiger partial charge < -0.3 is 9.47 Å². The number of aldehydes is 1. The van der Waals surface area contributed by atoms with E-state index in [1.807, 2.05) is 13.3 Å². The Labute approximate surface area is 81.9 Å². The van der Waals surface area contributed by atoms with Crippen molar-refractivity contribution in [3.05, 3.63) is 0 Å². The van der Waals surface area contributed by atoms with E-state index in [1.165, 1.54) is 0 Å². The van der Waals surface area contributed by atoms with E-state index in [2.05, 4.69) is 29.4 Å². The van der Waals surface area contributed by atoms with Crippen LogP contribution in [-0.2, 0) is 4.79 Å². The quantitative estimate of drug-likeness (QED) is 0.216. The first-order chi connectivity index (χ1) is 5.98. The summed E-state index contributed by atoms with van der Waals surface area (Å²) in [6.07, 6.45) is 5.31. The van der Waals surface area contributed by atoms with Gasteiger partial charge in [-0.2, -0.15) is 5.10 Å². The lowest BCUT2D eigenvalue weighted by atomic mass is 10.3. The predicted molar refractivity (Wildman–Crippen MR) is 59.5 cm³/mol. The van der Waals surface area contributed by atoms with Gasteiger partial charge in [-0.3, -0.25) is 0 Å². The molecule has 0 fully saturated rings. The Morgan fingerprint density at radius 3 is 2.38 bits per heavy atom. The maximum atomic E-state index is 10.0. The molecule has 0 rings (SSSR count). The molecule has 13 heavy (non-hydrogen) atoms. The van der Waals surface area contributed by atoms with Gasteiger partial charge in [-0.25, -0.2) is 0 Å². The molecule has 0 amide bonds. The average molecular weight is 200 g/mol. The van der Waals surface area contributed by atoms with E-state index in [0.29, 0.717) is 6.42 Å². The number of hydrogen-bond donors (Lipinski definition) is 0. The normalized spacial score (nSPS) is 12.0. The van der Waals surface area contributed by atoms with Gasteiger partial charge in [0.25, 0.3) is 0 Å². The van der Waals surface area contributed by atoms with Crippen molar-refractivity contribution >= 4 is 20.7 Å². The SMILES string of the molecule is CN(N=CCCCC=O)[Si](C)(C)C. The molecule has 0 aliphatic rings. The van der Waals surface area contributed by atoms with Gasteiger partial charge in [0.15, 0.2) is 8.24 Å². The monoisotopic (exact) mass is 200 g/mol. The topological polar surface area (TPSA) is 32.7 Å².